The summed E-state index contributed by atoms with van der Waals surface area (Å²) in [6.45, 7) is 4.11. The fourth-order valence-electron chi connectivity index (χ4n) is 2.80. The standard InChI is InChI=1S/C16H19FN2S/c17-14-5-1-4-13(12-14)16(15-6-2-11-20-15)19-9-3-7-18-8-10-19/h1-2,4-6,11-12,16,18H,3,7-10H2. The summed E-state index contributed by atoms with van der Waals surface area (Å²) in [5.41, 5.74) is 1.05. The third kappa shape index (κ3) is 3.08. The SMILES string of the molecule is Fc1cccc(C(c2cccs2)N2CCCNCC2)c1. The third-order valence-electron chi connectivity index (χ3n) is 3.72. The van der Waals surface area contributed by atoms with Crippen LogP contribution in [0.5, 0.6) is 0 Å². The first kappa shape index (κ1) is 13.7. The predicted molar refractivity (Wildman–Crippen MR) is 81.6 cm³/mol. The zero-order valence-electron chi connectivity index (χ0n) is 11.4. The van der Waals surface area contributed by atoms with Crippen LogP contribution in [0.1, 0.15) is 22.9 Å². The van der Waals surface area contributed by atoms with Gasteiger partial charge in [-0.2, -0.15) is 0 Å². The number of hydrogen-bond acceptors (Lipinski definition) is 3. The number of nitrogens with one attached hydrogen (secondary N) is 1. The van der Waals surface area contributed by atoms with Gasteiger partial charge in [-0.3, -0.25) is 4.90 Å². The lowest BCUT2D eigenvalue weighted by atomic mass is 10.0. The van der Waals surface area contributed by atoms with E-state index in [1.165, 1.54) is 10.9 Å². The van der Waals surface area contributed by atoms with E-state index in [1.807, 2.05) is 6.07 Å². The number of thiophene rings is 1. The van der Waals surface area contributed by atoms with E-state index in [0.29, 0.717) is 0 Å². The van der Waals surface area contributed by atoms with Crippen LogP contribution in [0.15, 0.2) is 41.8 Å². The summed E-state index contributed by atoms with van der Waals surface area (Å²) in [4.78, 5) is 3.75. The minimum absolute atomic E-state index is 0.156. The zero-order chi connectivity index (χ0) is 13.8. The average molecular weight is 290 g/mol. The van der Waals surface area contributed by atoms with Crippen LogP contribution >= 0.6 is 11.3 Å². The molecule has 1 aromatic carbocycles. The summed E-state index contributed by atoms with van der Waals surface area (Å²) in [5.74, 6) is -0.156. The average Bonchev–Trinajstić information content (AvgIpc) is 2.83. The van der Waals surface area contributed by atoms with Crippen molar-refractivity contribution in [2.24, 2.45) is 0 Å². The fourth-order valence-corrected chi connectivity index (χ4v) is 3.69. The highest BCUT2D eigenvalue weighted by Crippen LogP contribution is 2.32. The van der Waals surface area contributed by atoms with Crippen LogP contribution in [0.25, 0.3) is 0 Å². The van der Waals surface area contributed by atoms with Crippen molar-refractivity contribution in [2.75, 3.05) is 26.2 Å². The molecule has 2 nitrogen and oxygen atoms in total. The Bertz CT molecular complexity index is 533. The molecule has 1 aliphatic heterocycles. The highest BCUT2D eigenvalue weighted by molar-refractivity contribution is 7.10. The van der Waals surface area contributed by atoms with Gasteiger partial charge in [-0.15, -0.1) is 11.3 Å². The van der Waals surface area contributed by atoms with Gasteiger partial charge in [-0.25, -0.2) is 4.39 Å². The normalized spacial score (nSPS) is 18.6. The van der Waals surface area contributed by atoms with Gasteiger partial charge in [0.15, 0.2) is 0 Å². The van der Waals surface area contributed by atoms with E-state index < -0.39 is 0 Å². The molecule has 1 N–H and O–H groups in total. The zero-order valence-corrected chi connectivity index (χ0v) is 12.2. The first-order chi connectivity index (χ1) is 9.84. The fraction of sp³-hybridized carbons (Fsp3) is 0.375. The molecule has 106 valence electrons. The second-order valence-corrected chi connectivity index (χ2v) is 6.09. The molecule has 0 bridgehead atoms. The smallest absolute Gasteiger partial charge is 0.123 e. The van der Waals surface area contributed by atoms with Gasteiger partial charge in [0.2, 0.25) is 0 Å². The molecule has 1 fully saturated rings. The second kappa shape index (κ2) is 6.48. The molecule has 2 aromatic rings. The maximum absolute atomic E-state index is 13.6. The summed E-state index contributed by atoms with van der Waals surface area (Å²) in [6, 6.07) is 11.4. The predicted octanol–water partition coefficient (Wildman–Crippen LogP) is 3.27. The van der Waals surface area contributed by atoms with Crippen LogP contribution in [0.3, 0.4) is 0 Å². The molecule has 1 aliphatic rings. The summed E-state index contributed by atoms with van der Waals surface area (Å²) in [5, 5.41) is 5.52. The van der Waals surface area contributed by atoms with E-state index in [9.17, 15) is 4.39 Å². The van der Waals surface area contributed by atoms with Crippen molar-refractivity contribution in [1.29, 1.82) is 0 Å². The molecule has 2 heterocycles. The van der Waals surface area contributed by atoms with E-state index >= 15 is 0 Å². The minimum atomic E-state index is -0.156. The first-order valence-electron chi connectivity index (χ1n) is 7.08. The van der Waals surface area contributed by atoms with Gasteiger partial charge in [0.05, 0.1) is 6.04 Å². The van der Waals surface area contributed by atoms with Gasteiger partial charge in [0, 0.05) is 24.5 Å². The molecule has 0 aliphatic carbocycles. The highest BCUT2D eigenvalue weighted by atomic mass is 32.1. The van der Waals surface area contributed by atoms with Crippen molar-refractivity contribution in [2.45, 2.75) is 12.5 Å². The lowest BCUT2D eigenvalue weighted by Gasteiger charge is -2.30. The van der Waals surface area contributed by atoms with E-state index in [4.69, 9.17) is 0 Å². The number of halogens is 1. The molecular formula is C16H19FN2S. The van der Waals surface area contributed by atoms with Gasteiger partial charge in [-0.05, 0) is 42.1 Å². The lowest BCUT2D eigenvalue weighted by molar-refractivity contribution is 0.243. The Labute approximate surface area is 123 Å². The van der Waals surface area contributed by atoms with Gasteiger partial charge >= 0.3 is 0 Å². The molecule has 1 atom stereocenters. The molecule has 1 aromatic heterocycles. The van der Waals surface area contributed by atoms with E-state index in [0.717, 1.165) is 38.2 Å². The van der Waals surface area contributed by atoms with Crippen molar-refractivity contribution in [1.82, 2.24) is 10.2 Å². The Hall–Kier alpha value is -1.23. The number of nitrogens with zero attached hydrogens (tertiary/aromatic N) is 1. The molecule has 1 unspecified atom stereocenters. The molecule has 0 spiro atoms. The van der Waals surface area contributed by atoms with Crippen molar-refractivity contribution in [3.8, 4) is 0 Å². The Morgan fingerprint density at radius 3 is 2.90 bits per heavy atom. The van der Waals surface area contributed by atoms with Crippen LogP contribution < -0.4 is 5.32 Å². The minimum Gasteiger partial charge on any atom is -0.315 e. The van der Waals surface area contributed by atoms with Gasteiger partial charge < -0.3 is 5.32 Å². The van der Waals surface area contributed by atoms with Gasteiger partial charge in [-0.1, -0.05) is 18.2 Å². The second-order valence-electron chi connectivity index (χ2n) is 5.11. The van der Waals surface area contributed by atoms with Crippen LogP contribution in [0.4, 0.5) is 4.39 Å². The molecule has 4 heteroatoms. The molecule has 0 radical (unpaired) electrons. The molecular weight excluding hydrogens is 271 g/mol. The monoisotopic (exact) mass is 290 g/mol. The highest BCUT2D eigenvalue weighted by Gasteiger charge is 2.24. The summed E-state index contributed by atoms with van der Waals surface area (Å²) < 4.78 is 13.6. The number of hydrogen-bond donors (Lipinski definition) is 1. The Kier molecular flexibility index (Phi) is 4.45. The molecule has 20 heavy (non-hydrogen) atoms. The maximum atomic E-state index is 13.6. The number of rotatable bonds is 3. The van der Waals surface area contributed by atoms with Crippen molar-refractivity contribution in [3.05, 3.63) is 58.0 Å². The van der Waals surface area contributed by atoms with Gasteiger partial charge in [0.1, 0.15) is 5.82 Å². The third-order valence-corrected chi connectivity index (χ3v) is 4.64. The van der Waals surface area contributed by atoms with Crippen molar-refractivity contribution >= 4 is 11.3 Å². The van der Waals surface area contributed by atoms with E-state index in [-0.39, 0.29) is 11.9 Å². The van der Waals surface area contributed by atoms with Gasteiger partial charge in [0.25, 0.3) is 0 Å². The Morgan fingerprint density at radius 2 is 2.10 bits per heavy atom. The largest absolute Gasteiger partial charge is 0.315 e. The van der Waals surface area contributed by atoms with Crippen LogP contribution in [0, 0.1) is 5.82 Å². The van der Waals surface area contributed by atoms with Crippen molar-refractivity contribution < 1.29 is 4.39 Å². The molecule has 0 amide bonds. The quantitative estimate of drug-likeness (QED) is 0.933. The summed E-state index contributed by atoms with van der Waals surface area (Å²) in [7, 11) is 0. The van der Waals surface area contributed by atoms with Crippen LogP contribution in [0.2, 0.25) is 0 Å². The van der Waals surface area contributed by atoms with Crippen LogP contribution in [-0.2, 0) is 0 Å². The Balaban J connectivity index is 1.95. The molecule has 1 saturated heterocycles. The van der Waals surface area contributed by atoms with E-state index in [1.54, 1.807) is 23.5 Å². The summed E-state index contributed by atoms with van der Waals surface area (Å²) >= 11 is 1.75. The maximum Gasteiger partial charge on any atom is 0.123 e. The topological polar surface area (TPSA) is 15.3 Å². The first-order valence-corrected chi connectivity index (χ1v) is 7.96. The molecule has 3 rings (SSSR count). The van der Waals surface area contributed by atoms with Crippen LogP contribution in [-0.4, -0.2) is 31.1 Å². The van der Waals surface area contributed by atoms with Crippen molar-refractivity contribution in [3.63, 3.8) is 0 Å². The number of benzene rings is 1. The summed E-state index contributed by atoms with van der Waals surface area (Å²) in [6.07, 6.45) is 1.14. The van der Waals surface area contributed by atoms with E-state index in [2.05, 4.69) is 27.7 Å². The Morgan fingerprint density at radius 1 is 1.15 bits per heavy atom. The molecule has 0 saturated carbocycles. The lowest BCUT2D eigenvalue weighted by Crippen LogP contribution is -2.32.